The Labute approximate surface area is 153 Å². The lowest BCUT2D eigenvalue weighted by atomic mass is 10.1. The van der Waals surface area contributed by atoms with E-state index in [1.165, 1.54) is 0 Å². The van der Waals surface area contributed by atoms with Crippen molar-refractivity contribution in [2.75, 3.05) is 18.4 Å². The van der Waals surface area contributed by atoms with Crippen LogP contribution in [0.3, 0.4) is 0 Å². The Morgan fingerprint density at radius 1 is 1.08 bits per heavy atom. The lowest BCUT2D eigenvalue weighted by Gasteiger charge is -2.22. The van der Waals surface area contributed by atoms with Gasteiger partial charge >= 0.3 is 0 Å². The van der Waals surface area contributed by atoms with Crippen molar-refractivity contribution in [1.82, 2.24) is 4.90 Å². The summed E-state index contributed by atoms with van der Waals surface area (Å²) in [4.78, 5) is 26.5. The lowest BCUT2D eigenvalue weighted by Crippen LogP contribution is -2.39. The number of nitrogens with zero attached hydrogens (tertiary/aromatic N) is 1. The van der Waals surface area contributed by atoms with Gasteiger partial charge in [0.25, 0.3) is 0 Å². The normalized spacial score (nSPS) is 10.4. The van der Waals surface area contributed by atoms with Crippen molar-refractivity contribution in [3.63, 3.8) is 0 Å². The van der Waals surface area contributed by atoms with Crippen LogP contribution in [0.25, 0.3) is 0 Å². The van der Waals surface area contributed by atoms with Crippen LogP contribution in [-0.2, 0) is 16.0 Å². The highest BCUT2D eigenvalue weighted by Crippen LogP contribution is 2.14. The van der Waals surface area contributed by atoms with Crippen molar-refractivity contribution in [3.05, 3.63) is 64.7 Å². The Kier molecular flexibility index (Phi) is 7.02. The highest BCUT2D eigenvalue weighted by molar-refractivity contribution is 6.30. The highest BCUT2D eigenvalue weighted by Gasteiger charge is 2.17. The van der Waals surface area contributed by atoms with Crippen LogP contribution in [0.5, 0.6) is 0 Å². The molecule has 0 aliphatic rings. The molecule has 0 saturated heterocycles. The van der Waals surface area contributed by atoms with E-state index in [0.717, 1.165) is 23.2 Å². The molecule has 2 aromatic rings. The summed E-state index contributed by atoms with van der Waals surface area (Å²) >= 11 is 5.87. The molecule has 0 aromatic heterocycles. The summed E-state index contributed by atoms with van der Waals surface area (Å²) in [5.41, 5.74) is 2.65. The van der Waals surface area contributed by atoms with Crippen molar-refractivity contribution in [2.24, 2.45) is 0 Å². The van der Waals surface area contributed by atoms with Crippen LogP contribution in [0.1, 0.15) is 24.5 Å². The molecule has 1 N–H and O–H groups in total. The van der Waals surface area contributed by atoms with Gasteiger partial charge in [-0.25, -0.2) is 0 Å². The van der Waals surface area contributed by atoms with Gasteiger partial charge in [-0.2, -0.15) is 0 Å². The van der Waals surface area contributed by atoms with E-state index in [1.807, 2.05) is 50.2 Å². The molecule has 2 aromatic carbocycles. The number of nitrogens with one attached hydrogen (secondary N) is 1. The van der Waals surface area contributed by atoms with Gasteiger partial charge in [-0.05, 0) is 42.7 Å². The summed E-state index contributed by atoms with van der Waals surface area (Å²) < 4.78 is 0. The smallest absolute Gasteiger partial charge is 0.244 e. The van der Waals surface area contributed by atoms with E-state index in [0.29, 0.717) is 11.6 Å². The molecule has 0 radical (unpaired) electrons. The van der Waals surface area contributed by atoms with Crippen LogP contribution in [0.4, 0.5) is 5.69 Å². The monoisotopic (exact) mass is 358 g/mol. The molecule has 0 aliphatic heterocycles. The fourth-order valence-electron chi connectivity index (χ4n) is 2.53. The maximum absolute atomic E-state index is 12.6. The number of aryl methyl sites for hydroxylation is 1. The molecule has 0 unspecified atom stereocenters. The quantitative estimate of drug-likeness (QED) is 0.811. The summed E-state index contributed by atoms with van der Waals surface area (Å²) in [6.07, 6.45) is 1.05. The van der Waals surface area contributed by atoms with Gasteiger partial charge in [0.15, 0.2) is 0 Å². The Morgan fingerprint density at radius 3 is 2.40 bits per heavy atom. The van der Waals surface area contributed by atoms with E-state index < -0.39 is 0 Å². The topological polar surface area (TPSA) is 49.4 Å². The molecule has 0 bridgehead atoms. The predicted octanol–water partition coefficient (Wildman–Crippen LogP) is 4.07. The van der Waals surface area contributed by atoms with E-state index in [4.69, 9.17) is 11.6 Å². The summed E-state index contributed by atoms with van der Waals surface area (Å²) in [6.45, 7) is 4.52. The third-order valence-electron chi connectivity index (χ3n) is 3.87. The van der Waals surface area contributed by atoms with Gasteiger partial charge in [0.1, 0.15) is 0 Å². The molecular weight excluding hydrogens is 336 g/mol. The summed E-state index contributed by atoms with van der Waals surface area (Å²) in [6, 6.07) is 14.8. The molecule has 4 nitrogen and oxygen atoms in total. The van der Waals surface area contributed by atoms with E-state index in [-0.39, 0.29) is 24.8 Å². The molecule has 2 amide bonds. The molecule has 25 heavy (non-hydrogen) atoms. The molecule has 0 aliphatic carbocycles. The lowest BCUT2D eigenvalue weighted by molar-refractivity contribution is -0.134. The second-order valence-corrected chi connectivity index (χ2v) is 6.42. The fraction of sp³-hybridized carbons (Fsp3) is 0.300. The SMILES string of the molecule is CCCN(CC(=O)Nc1ccccc1C)C(=O)Cc1ccc(Cl)cc1. The van der Waals surface area contributed by atoms with Crippen LogP contribution >= 0.6 is 11.6 Å². The molecule has 132 valence electrons. The highest BCUT2D eigenvalue weighted by atomic mass is 35.5. The Balaban J connectivity index is 1.99. The van der Waals surface area contributed by atoms with Crippen molar-refractivity contribution >= 4 is 29.1 Å². The zero-order valence-electron chi connectivity index (χ0n) is 14.6. The standard InChI is InChI=1S/C20H23ClN2O2/c1-3-12-23(20(25)13-16-8-10-17(21)11-9-16)14-19(24)22-18-7-5-4-6-15(18)2/h4-11H,3,12-14H2,1-2H3,(H,22,24). The number of carbonyl (C=O) groups is 2. The molecule has 0 heterocycles. The minimum absolute atomic E-state index is 0.0502. The first-order chi connectivity index (χ1) is 12.0. The number of para-hydroxylation sites is 1. The second-order valence-electron chi connectivity index (χ2n) is 5.98. The number of hydrogen-bond acceptors (Lipinski definition) is 2. The molecule has 5 heteroatoms. The van der Waals surface area contributed by atoms with Crippen LogP contribution in [0.15, 0.2) is 48.5 Å². The first kappa shape index (κ1) is 19.0. The Hall–Kier alpha value is -2.33. The van der Waals surface area contributed by atoms with Crippen molar-refractivity contribution in [2.45, 2.75) is 26.7 Å². The number of rotatable bonds is 7. The molecule has 0 spiro atoms. The predicted molar refractivity (Wildman–Crippen MR) is 102 cm³/mol. The average molecular weight is 359 g/mol. The van der Waals surface area contributed by atoms with Gasteiger partial charge < -0.3 is 10.2 Å². The van der Waals surface area contributed by atoms with Gasteiger partial charge in [-0.15, -0.1) is 0 Å². The Bertz CT molecular complexity index is 729. The number of carbonyl (C=O) groups excluding carboxylic acids is 2. The zero-order valence-corrected chi connectivity index (χ0v) is 15.3. The minimum Gasteiger partial charge on any atom is -0.333 e. The summed E-state index contributed by atoms with van der Waals surface area (Å²) in [5.74, 6) is -0.253. The zero-order chi connectivity index (χ0) is 18.2. The van der Waals surface area contributed by atoms with Crippen LogP contribution in [0.2, 0.25) is 5.02 Å². The van der Waals surface area contributed by atoms with E-state index in [1.54, 1.807) is 17.0 Å². The molecule has 0 fully saturated rings. The van der Waals surface area contributed by atoms with Crippen molar-refractivity contribution in [3.8, 4) is 0 Å². The molecule has 0 atom stereocenters. The number of anilines is 1. The number of halogens is 1. The van der Waals surface area contributed by atoms with Gasteiger partial charge in [-0.3, -0.25) is 9.59 Å². The summed E-state index contributed by atoms with van der Waals surface area (Å²) in [7, 11) is 0. The van der Waals surface area contributed by atoms with Gasteiger partial charge in [0.2, 0.25) is 11.8 Å². The third kappa shape index (κ3) is 5.91. The fourth-order valence-corrected chi connectivity index (χ4v) is 2.65. The van der Waals surface area contributed by atoms with Crippen LogP contribution < -0.4 is 5.32 Å². The first-order valence-corrected chi connectivity index (χ1v) is 8.75. The first-order valence-electron chi connectivity index (χ1n) is 8.37. The Morgan fingerprint density at radius 2 is 1.76 bits per heavy atom. The molecule has 2 rings (SSSR count). The largest absolute Gasteiger partial charge is 0.333 e. The van der Waals surface area contributed by atoms with Crippen molar-refractivity contribution < 1.29 is 9.59 Å². The maximum Gasteiger partial charge on any atom is 0.244 e. The van der Waals surface area contributed by atoms with Gasteiger partial charge in [0.05, 0.1) is 13.0 Å². The average Bonchev–Trinajstić information content (AvgIpc) is 2.58. The molecule has 0 saturated carbocycles. The summed E-state index contributed by atoms with van der Waals surface area (Å²) in [5, 5.41) is 3.51. The van der Waals surface area contributed by atoms with Crippen molar-refractivity contribution in [1.29, 1.82) is 0 Å². The van der Waals surface area contributed by atoms with Gasteiger partial charge in [-0.1, -0.05) is 48.9 Å². The van der Waals surface area contributed by atoms with E-state index in [9.17, 15) is 9.59 Å². The van der Waals surface area contributed by atoms with Crippen LogP contribution in [0, 0.1) is 6.92 Å². The second kappa shape index (κ2) is 9.23. The molecular formula is C20H23ClN2O2. The third-order valence-corrected chi connectivity index (χ3v) is 4.12. The van der Waals surface area contributed by atoms with Gasteiger partial charge in [0, 0.05) is 17.3 Å². The number of hydrogen-bond donors (Lipinski definition) is 1. The minimum atomic E-state index is -0.188. The van der Waals surface area contributed by atoms with E-state index in [2.05, 4.69) is 5.32 Å². The van der Waals surface area contributed by atoms with E-state index >= 15 is 0 Å². The van der Waals surface area contributed by atoms with Crippen LogP contribution in [-0.4, -0.2) is 29.8 Å². The number of benzene rings is 2. The maximum atomic E-state index is 12.6. The number of amides is 2.